The Balaban J connectivity index is 1.32. The van der Waals surface area contributed by atoms with Crippen molar-refractivity contribution in [3.8, 4) is 5.75 Å². The number of phenolic OH excluding ortho intramolecular Hbond substituents is 1. The number of halogens is 2. The first-order valence-electron chi connectivity index (χ1n) is 10.0. The molecule has 4 nitrogen and oxygen atoms in total. The van der Waals surface area contributed by atoms with Crippen molar-refractivity contribution in [1.82, 2.24) is 9.80 Å². The first-order chi connectivity index (χ1) is 13.6. The lowest BCUT2D eigenvalue weighted by Crippen LogP contribution is -2.55. The molecule has 0 spiro atoms. The summed E-state index contributed by atoms with van der Waals surface area (Å²) >= 11 is 6.09. The number of rotatable bonds is 4. The smallest absolute Gasteiger partial charge is 0.123 e. The molecule has 0 aliphatic carbocycles. The Morgan fingerprint density at radius 3 is 2.50 bits per heavy atom. The largest absolute Gasteiger partial charge is 0.508 e. The van der Waals surface area contributed by atoms with Gasteiger partial charge >= 0.3 is 0 Å². The van der Waals surface area contributed by atoms with Gasteiger partial charge in [-0.3, -0.25) is 9.80 Å². The number of piperidine rings is 1. The van der Waals surface area contributed by atoms with Crippen molar-refractivity contribution < 1.29 is 9.50 Å². The molecule has 6 heteroatoms. The van der Waals surface area contributed by atoms with Crippen LogP contribution < -0.4 is 4.90 Å². The Labute approximate surface area is 171 Å². The molecule has 0 radical (unpaired) electrons. The maximum Gasteiger partial charge on any atom is 0.123 e. The van der Waals surface area contributed by atoms with Gasteiger partial charge in [-0.2, -0.15) is 0 Å². The van der Waals surface area contributed by atoms with Crippen LogP contribution in [0.4, 0.5) is 10.1 Å². The molecule has 1 N–H and O–H groups in total. The van der Waals surface area contributed by atoms with Crippen LogP contribution in [0.5, 0.6) is 5.75 Å². The van der Waals surface area contributed by atoms with E-state index >= 15 is 0 Å². The second kappa shape index (κ2) is 8.68. The Morgan fingerprint density at radius 2 is 1.75 bits per heavy atom. The van der Waals surface area contributed by atoms with E-state index in [1.54, 1.807) is 12.1 Å². The standard InChI is InChI=1S/C22H27ClFN3O/c23-18-3-8-22(28)17(14-18)15-25-9-1-2-21(16-25)27-12-10-26(11-13-27)20-6-4-19(24)5-7-20/h3-8,14,21,28H,1-2,9-13,15-16H2/t21-/m0/s1. The van der Waals surface area contributed by atoms with Crippen LogP contribution in [-0.2, 0) is 6.54 Å². The van der Waals surface area contributed by atoms with Crippen LogP contribution in [0.25, 0.3) is 0 Å². The van der Waals surface area contributed by atoms with Crippen LogP contribution in [0.3, 0.4) is 0 Å². The Morgan fingerprint density at radius 1 is 1.00 bits per heavy atom. The fourth-order valence-electron chi connectivity index (χ4n) is 4.39. The molecule has 1 atom stereocenters. The van der Waals surface area contributed by atoms with Gasteiger partial charge in [0.1, 0.15) is 11.6 Å². The Bertz CT molecular complexity index is 793. The third-order valence-electron chi connectivity index (χ3n) is 5.94. The first kappa shape index (κ1) is 19.5. The van der Waals surface area contributed by atoms with Crippen molar-refractivity contribution >= 4 is 17.3 Å². The van der Waals surface area contributed by atoms with E-state index in [2.05, 4.69) is 14.7 Å². The maximum atomic E-state index is 13.1. The summed E-state index contributed by atoms with van der Waals surface area (Å²) < 4.78 is 13.1. The fraction of sp³-hybridized carbons (Fsp3) is 0.455. The molecule has 2 aromatic carbocycles. The van der Waals surface area contributed by atoms with Crippen molar-refractivity contribution in [2.75, 3.05) is 44.2 Å². The fourth-order valence-corrected chi connectivity index (χ4v) is 4.59. The van der Waals surface area contributed by atoms with E-state index in [0.717, 1.165) is 57.1 Å². The van der Waals surface area contributed by atoms with E-state index in [1.165, 1.54) is 25.0 Å². The van der Waals surface area contributed by atoms with Gasteiger partial charge in [0.15, 0.2) is 0 Å². The molecule has 2 aliphatic heterocycles. The summed E-state index contributed by atoms with van der Waals surface area (Å²) in [6, 6.07) is 12.6. The van der Waals surface area contributed by atoms with Gasteiger partial charge in [-0.25, -0.2) is 4.39 Å². The van der Waals surface area contributed by atoms with Gasteiger partial charge in [0.2, 0.25) is 0 Å². The molecule has 2 fully saturated rings. The first-order valence-corrected chi connectivity index (χ1v) is 10.4. The zero-order chi connectivity index (χ0) is 19.5. The second-order valence-corrected chi connectivity index (χ2v) is 8.24. The third-order valence-corrected chi connectivity index (χ3v) is 6.17. The van der Waals surface area contributed by atoms with Crippen molar-refractivity contribution in [3.63, 3.8) is 0 Å². The normalized spacial score (nSPS) is 21.8. The van der Waals surface area contributed by atoms with E-state index in [4.69, 9.17) is 11.6 Å². The Kier molecular flexibility index (Phi) is 6.04. The minimum atomic E-state index is -0.185. The maximum absolute atomic E-state index is 13.1. The molecule has 2 heterocycles. The predicted octanol–water partition coefficient (Wildman–Crippen LogP) is 3.97. The van der Waals surface area contributed by atoms with Crippen LogP contribution in [0.2, 0.25) is 5.02 Å². The minimum Gasteiger partial charge on any atom is -0.508 e. The van der Waals surface area contributed by atoms with E-state index in [-0.39, 0.29) is 5.82 Å². The molecule has 150 valence electrons. The molecule has 0 unspecified atom stereocenters. The third kappa shape index (κ3) is 4.59. The van der Waals surface area contributed by atoms with Crippen LogP contribution in [0.1, 0.15) is 18.4 Å². The molecular formula is C22H27ClFN3O. The molecule has 0 aromatic heterocycles. The highest BCUT2D eigenvalue weighted by atomic mass is 35.5. The number of piperazine rings is 1. The number of benzene rings is 2. The van der Waals surface area contributed by atoms with Crippen LogP contribution >= 0.6 is 11.6 Å². The number of nitrogens with zero attached hydrogens (tertiary/aromatic N) is 3. The van der Waals surface area contributed by atoms with Gasteiger partial charge in [-0.1, -0.05) is 11.6 Å². The molecule has 28 heavy (non-hydrogen) atoms. The van der Waals surface area contributed by atoms with Gasteiger partial charge in [0.25, 0.3) is 0 Å². The van der Waals surface area contributed by atoms with Gasteiger partial charge in [0.05, 0.1) is 0 Å². The van der Waals surface area contributed by atoms with Crippen LogP contribution in [0.15, 0.2) is 42.5 Å². The number of anilines is 1. The lowest BCUT2D eigenvalue weighted by atomic mass is 10.0. The van der Waals surface area contributed by atoms with Gasteiger partial charge < -0.3 is 10.0 Å². The zero-order valence-electron chi connectivity index (χ0n) is 16.0. The number of phenols is 1. The highest BCUT2D eigenvalue weighted by Crippen LogP contribution is 2.26. The van der Waals surface area contributed by atoms with Gasteiger partial charge in [-0.05, 0) is 61.9 Å². The number of hydrogen-bond acceptors (Lipinski definition) is 4. The minimum absolute atomic E-state index is 0.185. The van der Waals surface area contributed by atoms with Crippen molar-refractivity contribution in [2.24, 2.45) is 0 Å². The highest BCUT2D eigenvalue weighted by Gasteiger charge is 2.28. The summed E-state index contributed by atoms with van der Waals surface area (Å²) in [7, 11) is 0. The predicted molar refractivity (Wildman–Crippen MR) is 112 cm³/mol. The summed E-state index contributed by atoms with van der Waals surface area (Å²) in [5.74, 6) is 0.134. The zero-order valence-corrected chi connectivity index (χ0v) is 16.8. The molecule has 0 saturated carbocycles. The average Bonchev–Trinajstić information content (AvgIpc) is 2.72. The van der Waals surface area contributed by atoms with Crippen molar-refractivity contribution in [1.29, 1.82) is 0 Å². The van der Waals surface area contributed by atoms with E-state index in [9.17, 15) is 9.50 Å². The van der Waals surface area contributed by atoms with E-state index < -0.39 is 0 Å². The van der Waals surface area contributed by atoms with Gasteiger partial charge in [-0.15, -0.1) is 0 Å². The van der Waals surface area contributed by atoms with E-state index in [0.29, 0.717) is 16.8 Å². The molecule has 0 bridgehead atoms. The summed E-state index contributed by atoms with van der Waals surface area (Å²) in [5.41, 5.74) is 2.00. The molecule has 4 rings (SSSR count). The average molecular weight is 404 g/mol. The topological polar surface area (TPSA) is 30.0 Å². The molecule has 2 saturated heterocycles. The van der Waals surface area contributed by atoms with Crippen LogP contribution in [-0.4, -0.2) is 60.2 Å². The number of likely N-dealkylation sites (tertiary alicyclic amines) is 1. The van der Waals surface area contributed by atoms with Gasteiger partial charge in [0, 0.05) is 61.6 Å². The number of hydrogen-bond donors (Lipinski definition) is 1. The van der Waals surface area contributed by atoms with E-state index in [1.807, 2.05) is 18.2 Å². The molecule has 2 aromatic rings. The van der Waals surface area contributed by atoms with Crippen molar-refractivity contribution in [3.05, 3.63) is 58.9 Å². The van der Waals surface area contributed by atoms with Crippen LogP contribution in [0, 0.1) is 5.82 Å². The molecule has 2 aliphatic rings. The lowest BCUT2D eigenvalue weighted by Gasteiger charge is -2.44. The second-order valence-electron chi connectivity index (χ2n) is 7.80. The quantitative estimate of drug-likeness (QED) is 0.836. The SMILES string of the molecule is Oc1ccc(Cl)cc1CN1CCC[C@H](N2CCN(c3ccc(F)cc3)CC2)C1. The summed E-state index contributed by atoms with van der Waals surface area (Å²) in [6.45, 7) is 6.80. The lowest BCUT2D eigenvalue weighted by molar-refractivity contribution is 0.0883. The summed E-state index contributed by atoms with van der Waals surface area (Å²) in [6.07, 6.45) is 2.39. The van der Waals surface area contributed by atoms with Crippen molar-refractivity contribution in [2.45, 2.75) is 25.4 Å². The molecule has 0 amide bonds. The summed E-state index contributed by atoms with van der Waals surface area (Å²) in [4.78, 5) is 7.34. The Hall–Kier alpha value is -1.82. The monoisotopic (exact) mass is 403 g/mol. The summed E-state index contributed by atoms with van der Waals surface area (Å²) in [5, 5.41) is 10.8. The molecular weight excluding hydrogens is 377 g/mol. The number of aromatic hydroxyl groups is 1. The highest BCUT2D eigenvalue weighted by molar-refractivity contribution is 6.30.